The van der Waals surface area contributed by atoms with Crippen molar-refractivity contribution < 1.29 is 19.1 Å². The second-order valence-corrected chi connectivity index (χ2v) is 6.85. The summed E-state index contributed by atoms with van der Waals surface area (Å²) < 4.78 is 4.91. The van der Waals surface area contributed by atoms with Crippen molar-refractivity contribution in [2.75, 3.05) is 11.9 Å². The summed E-state index contributed by atoms with van der Waals surface area (Å²) in [6.45, 7) is 1.44. The molecule has 28 heavy (non-hydrogen) atoms. The second-order valence-electron chi connectivity index (χ2n) is 6.04. The molecule has 0 aliphatic rings. The zero-order valence-electron chi connectivity index (χ0n) is 15.2. The molecule has 148 valence electrons. The first-order valence-electron chi connectivity index (χ1n) is 8.60. The second kappa shape index (κ2) is 10.7. The van der Waals surface area contributed by atoms with Crippen molar-refractivity contribution in [3.8, 4) is 0 Å². The van der Waals surface area contributed by atoms with Gasteiger partial charge in [-0.1, -0.05) is 53.5 Å². The lowest BCUT2D eigenvalue weighted by molar-refractivity contribution is -0.149. The molecule has 6 nitrogen and oxygen atoms in total. The average molecular weight is 423 g/mol. The quantitative estimate of drug-likeness (QED) is 0.626. The Balaban J connectivity index is 1.68. The Kier molecular flexibility index (Phi) is 8.29. The summed E-state index contributed by atoms with van der Waals surface area (Å²) in [6, 6.07) is 13.9. The lowest BCUT2D eigenvalue weighted by Gasteiger charge is -2.14. The normalized spacial score (nSPS) is 11.4. The maximum Gasteiger partial charge on any atom is 0.306 e. The van der Waals surface area contributed by atoms with Gasteiger partial charge in [0.2, 0.25) is 5.91 Å². The fraction of sp³-hybridized carbons (Fsp3) is 0.250. The Morgan fingerprint density at radius 1 is 0.964 bits per heavy atom. The molecule has 2 N–H and O–H groups in total. The van der Waals surface area contributed by atoms with E-state index in [9.17, 15) is 14.4 Å². The van der Waals surface area contributed by atoms with Gasteiger partial charge in [-0.15, -0.1) is 0 Å². The lowest BCUT2D eigenvalue weighted by Crippen LogP contribution is -2.31. The predicted molar refractivity (Wildman–Crippen MR) is 108 cm³/mol. The Morgan fingerprint density at radius 2 is 1.68 bits per heavy atom. The van der Waals surface area contributed by atoms with Crippen LogP contribution in [0.4, 0.5) is 5.69 Å². The van der Waals surface area contributed by atoms with E-state index in [-0.39, 0.29) is 24.8 Å². The van der Waals surface area contributed by atoms with Gasteiger partial charge < -0.3 is 15.4 Å². The first kappa shape index (κ1) is 21.7. The summed E-state index contributed by atoms with van der Waals surface area (Å²) in [4.78, 5) is 35.5. The van der Waals surface area contributed by atoms with Crippen molar-refractivity contribution in [1.82, 2.24) is 5.32 Å². The van der Waals surface area contributed by atoms with Crippen LogP contribution in [0, 0.1) is 0 Å². The third kappa shape index (κ3) is 7.21. The van der Waals surface area contributed by atoms with Gasteiger partial charge in [0.15, 0.2) is 6.61 Å². The minimum atomic E-state index is -0.633. The Morgan fingerprint density at radius 3 is 2.36 bits per heavy atom. The number of esters is 1. The van der Waals surface area contributed by atoms with Crippen molar-refractivity contribution in [2.24, 2.45) is 0 Å². The molecule has 0 aliphatic heterocycles. The zero-order valence-corrected chi connectivity index (χ0v) is 16.7. The number of hydrogen-bond acceptors (Lipinski definition) is 4. The molecule has 0 aromatic heterocycles. The number of rotatable bonds is 8. The summed E-state index contributed by atoms with van der Waals surface area (Å²) >= 11 is 11.7. The monoisotopic (exact) mass is 422 g/mol. The number of amides is 2. The van der Waals surface area contributed by atoms with Gasteiger partial charge in [-0.05, 0) is 30.7 Å². The molecule has 2 aromatic carbocycles. The Hall–Kier alpha value is -2.57. The van der Waals surface area contributed by atoms with Gasteiger partial charge in [-0.25, -0.2) is 0 Å². The van der Waals surface area contributed by atoms with Crippen LogP contribution in [0.1, 0.15) is 31.4 Å². The van der Waals surface area contributed by atoms with E-state index in [4.69, 9.17) is 27.9 Å². The molecule has 0 saturated carbocycles. The average Bonchev–Trinajstić information content (AvgIpc) is 2.68. The van der Waals surface area contributed by atoms with Crippen LogP contribution in [0.25, 0.3) is 0 Å². The molecule has 0 radical (unpaired) electrons. The lowest BCUT2D eigenvalue weighted by atomic mass is 10.1. The van der Waals surface area contributed by atoms with Crippen molar-refractivity contribution in [2.45, 2.75) is 25.8 Å². The molecule has 0 saturated heterocycles. The molecule has 2 rings (SSSR count). The molecular formula is C20H20Cl2N2O4. The zero-order chi connectivity index (χ0) is 20.5. The standard InChI is InChI=1S/C20H20Cl2N2O4/c1-13(14-5-3-2-4-6-14)23-19(26)12-28-20(27)10-9-18(25)24-15-7-8-16(21)17(22)11-15/h2-8,11,13H,9-10,12H2,1H3,(H,23,26)(H,24,25)/t13-/m0/s1. The van der Waals surface area contributed by atoms with E-state index in [1.807, 2.05) is 37.3 Å². The Bertz CT molecular complexity index is 843. The highest BCUT2D eigenvalue weighted by atomic mass is 35.5. The van der Waals surface area contributed by atoms with Crippen LogP contribution < -0.4 is 10.6 Å². The van der Waals surface area contributed by atoms with Gasteiger partial charge in [0, 0.05) is 12.1 Å². The molecule has 0 bridgehead atoms. The summed E-state index contributed by atoms with van der Waals surface area (Å²) in [5.41, 5.74) is 1.42. The number of carbonyl (C=O) groups is 3. The molecule has 8 heteroatoms. The van der Waals surface area contributed by atoms with Crippen molar-refractivity contribution in [3.63, 3.8) is 0 Å². The van der Waals surface area contributed by atoms with Crippen LogP contribution in [-0.4, -0.2) is 24.4 Å². The van der Waals surface area contributed by atoms with Crippen LogP contribution in [0.5, 0.6) is 0 Å². The van der Waals surface area contributed by atoms with E-state index in [1.54, 1.807) is 12.1 Å². The number of benzene rings is 2. The van der Waals surface area contributed by atoms with Crippen molar-refractivity contribution in [1.29, 1.82) is 0 Å². The molecule has 0 unspecified atom stereocenters. The minimum absolute atomic E-state index is 0.0822. The molecule has 0 heterocycles. The molecule has 2 aromatic rings. The van der Waals surface area contributed by atoms with E-state index in [1.165, 1.54) is 6.07 Å². The van der Waals surface area contributed by atoms with E-state index < -0.39 is 18.5 Å². The topological polar surface area (TPSA) is 84.5 Å². The van der Waals surface area contributed by atoms with Gasteiger partial charge in [0.25, 0.3) is 5.91 Å². The minimum Gasteiger partial charge on any atom is -0.456 e. The van der Waals surface area contributed by atoms with Gasteiger partial charge in [-0.3, -0.25) is 14.4 Å². The van der Waals surface area contributed by atoms with Gasteiger partial charge in [-0.2, -0.15) is 0 Å². The fourth-order valence-corrected chi connectivity index (χ4v) is 2.64. The van der Waals surface area contributed by atoms with Gasteiger partial charge in [0.05, 0.1) is 22.5 Å². The van der Waals surface area contributed by atoms with E-state index in [0.29, 0.717) is 15.7 Å². The van der Waals surface area contributed by atoms with E-state index >= 15 is 0 Å². The van der Waals surface area contributed by atoms with Crippen LogP contribution in [0.3, 0.4) is 0 Å². The summed E-state index contributed by atoms with van der Waals surface area (Å²) in [6.07, 6.45) is -0.226. The highest BCUT2D eigenvalue weighted by Crippen LogP contribution is 2.25. The van der Waals surface area contributed by atoms with E-state index in [2.05, 4.69) is 10.6 Å². The number of halogens is 2. The number of carbonyl (C=O) groups excluding carboxylic acids is 3. The van der Waals surface area contributed by atoms with Gasteiger partial charge in [0.1, 0.15) is 0 Å². The summed E-state index contributed by atoms with van der Waals surface area (Å²) in [5.74, 6) is -1.42. The highest BCUT2D eigenvalue weighted by Gasteiger charge is 2.13. The van der Waals surface area contributed by atoms with Crippen molar-refractivity contribution in [3.05, 3.63) is 64.1 Å². The smallest absolute Gasteiger partial charge is 0.306 e. The third-order valence-corrected chi connectivity index (χ3v) is 4.54. The fourth-order valence-electron chi connectivity index (χ4n) is 2.34. The first-order valence-corrected chi connectivity index (χ1v) is 9.35. The van der Waals surface area contributed by atoms with Crippen LogP contribution in [0.15, 0.2) is 48.5 Å². The highest BCUT2D eigenvalue weighted by molar-refractivity contribution is 6.42. The molecular weight excluding hydrogens is 403 g/mol. The molecule has 0 fully saturated rings. The van der Waals surface area contributed by atoms with Gasteiger partial charge >= 0.3 is 5.97 Å². The number of nitrogens with one attached hydrogen (secondary N) is 2. The molecule has 1 atom stereocenters. The van der Waals surface area contributed by atoms with Crippen molar-refractivity contribution >= 4 is 46.7 Å². The molecule has 2 amide bonds. The first-order chi connectivity index (χ1) is 13.3. The number of anilines is 1. The maximum absolute atomic E-state index is 11.9. The molecule has 0 spiro atoms. The van der Waals surface area contributed by atoms with E-state index in [0.717, 1.165) is 5.56 Å². The van der Waals surface area contributed by atoms with Crippen LogP contribution in [0.2, 0.25) is 10.0 Å². The predicted octanol–water partition coefficient (Wildman–Crippen LogP) is 4.13. The van der Waals surface area contributed by atoms with Crippen LogP contribution >= 0.6 is 23.2 Å². The third-order valence-electron chi connectivity index (χ3n) is 3.80. The maximum atomic E-state index is 11.9. The molecule has 0 aliphatic carbocycles. The summed E-state index contributed by atoms with van der Waals surface area (Å²) in [5, 5.41) is 6.04. The largest absolute Gasteiger partial charge is 0.456 e. The number of hydrogen-bond donors (Lipinski definition) is 2. The number of ether oxygens (including phenoxy) is 1. The SMILES string of the molecule is C[C@H](NC(=O)COC(=O)CCC(=O)Nc1ccc(Cl)c(Cl)c1)c1ccccc1. The Labute approximate surface area is 173 Å². The summed E-state index contributed by atoms with van der Waals surface area (Å²) in [7, 11) is 0. The van der Waals surface area contributed by atoms with Crippen LogP contribution in [-0.2, 0) is 19.1 Å².